The number of aliphatic hydroxyl groups is 1. The Morgan fingerprint density at radius 3 is 2.54 bits per heavy atom. The summed E-state index contributed by atoms with van der Waals surface area (Å²) in [5.74, 6) is -3.84. The number of benzene rings is 2. The van der Waals surface area contributed by atoms with Gasteiger partial charge in [-0.15, -0.1) is 0 Å². The second-order valence-electron chi connectivity index (χ2n) is 9.30. The summed E-state index contributed by atoms with van der Waals surface area (Å²) in [6.45, 7) is 6.39. The lowest BCUT2D eigenvalue weighted by Crippen LogP contribution is -2.29. The van der Waals surface area contributed by atoms with E-state index in [-0.39, 0.29) is 33.9 Å². The third-order valence-electron chi connectivity index (χ3n) is 6.27. The number of carbonyl (C=O) groups is 4. The maximum atomic E-state index is 15.1. The van der Waals surface area contributed by atoms with Crippen molar-refractivity contribution in [1.82, 2.24) is 4.98 Å². The fourth-order valence-corrected chi connectivity index (χ4v) is 5.60. The van der Waals surface area contributed by atoms with Crippen LogP contribution in [0.15, 0.2) is 48.0 Å². The van der Waals surface area contributed by atoms with Crippen LogP contribution in [0.2, 0.25) is 0 Å². The highest BCUT2D eigenvalue weighted by Crippen LogP contribution is 2.45. The van der Waals surface area contributed by atoms with Crippen molar-refractivity contribution in [3.8, 4) is 5.75 Å². The van der Waals surface area contributed by atoms with E-state index in [4.69, 9.17) is 19.4 Å². The number of nitrogens with zero attached hydrogens (tertiary/aromatic N) is 2. The second-order valence-corrected chi connectivity index (χ2v) is 10.3. The first-order valence-electron chi connectivity index (χ1n) is 12.6. The fraction of sp³-hybridized carbons (Fsp3) is 0.276. The number of ether oxygens (including phenoxy) is 2. The molecule has 0 saturated carbocycles. The summed E-state index contributed by atoms with van der Waals surface area (Å²) in [5, 5.41) is 18.8. The number of carboxylic acids is 1. The number of carbonyl (C=O) groups excluding carboxylic acids is 3. The maximum absolute atomic E-state index is 15.1. The number of rotatable bonds is 5. The van der Waals surface area contributed by atoms with E-state index in [9.17, 15) is 19.5 Å². The van der Waals surface area contributed by atoms with Crippen LogP contribution in [0.4, 0.5) is 9.52 Å². The summed E-state index contributed by atoms with van der Waals surface area (Å²) < 4.78 is 25.9. The number of hydrogen-bond donors (Lipinski definition) is 2. The van der Waals surface area contributed by atoms with E-state index in [1.165, 1.54) is 18.2 Å². The summed E-state index contributed by atoms with van der Waals surface area (Å²) in [5.41, 5.74) is 1.20. The average Bonchev–Trinajstić information content (AvgIpc) is 3.55. The summed E-state index contributed by atoms with van der Waals surface area (Å²) in [7, 11) is 0. The van der Waals surface area contributed by atoms with Gasteiger partial charge in [0.15, 0.2) is 5.13 Å². The number of amides is 1. The number of anilines is 1. The zero-order chi connectivity index (χ0) is 30.0. The molecule has 0 spiro atoms. The Labute approximate surface area is 238 Å². The van der Waals surface area contributed by atoms with Gasteiger partial charge in [-0.25, -0.2) is 14.2 Å². The molecule has 3 heterocycles. The first-order valence-corrected chi connectivity index (χ1v) is 13.5. The Balaban J connectivity index is 0.000000909. The molecular formula is C29H27FN2O8S. The number of Topliss-reactive ketones (excluding diaryl/α,β-unsaturated/α-hetero) is 1. The van der Waals surface area contributed by atoms with Gasteiger partial charge >= 0.3 is 11.9 Å². The summed E-state index contributed by atoms with van der Waals surface area (Å²) >= 11 is 0.865. The van der Waals surface area contributed by atoms with Crippen LogP contribution < -0.4 is 9.64 Å². The number of carboxylic acid groups (broad SMARTS) is 1. The summed E-state index contributed by atoms with van der Waals surface area (Å²) in [6.07, 6.45) is 0.592. The van der Waals surface area contributed by atoms with Gasteiger partial charge in [0.25, 0.3) is 11.8 Å². The van der Waals surface area contributed by atoms with Gasteiger partial charge in [0.1, 0.15) is 34.3 Å². The summed E-state index contributed by atoms with van der Waals surface area (Å²) in [6, 6.07) is 9.39. The zero-order valence-electron chi connectivity index (χ0n) is 22.6. The number of aliphatic hydroxyl groups excluding tert-OH is 1. The molecule has 2 unspecified atom stereocenters. The number of aryl methyl sites for hydroxylation is 1. The standard InChI is InChI=1S/C27H23FN2O6S.C2H4O2/c1-4-35-26(34)24-14(3)29-27(37-24)30-21(17-7-5-6-8-18(17)28)20(23(32)25(30)33)22(31)15-9-10-19-16(12-15)11-13(2)36-19;1-2(3)4/h5-10,12-13,21,31H,4,11H2,1-3H3;1H3,(H,3,4)/b22-20+;. The molecule has 5 rings (SSSR count). The first-order chi connectivity index (χ1) is 19.4. The molecule has 41 heavy (non-hydrogen) atoms. The fourth-order valence-electron chi connectivity index (χ4n) is 4.62. The van der Waals surface area contributed by atoms with Gasteiger partial charge in [0.2, 0.25) is 0 Å². The molecule has 1 fully saturated rings. The quantitative estimate of drug-likeness (QED) is 0.187. The van der Waals surface area contributed by atoms with Crippen LogP contribution in [0, 0.1) is 12.7 Å². The molecule has 2 N–H and O–H groups in total. The first kappa shape index (κ1) is 29.4. The van der Waals surface area contributed by atoms with Crippen LogP contribution >= 0.6 is 11.3 Å². The van der Waals surface area contributed by atoms with E-state index in [1.807, 2.05) is 6.92 Å². The number of ketones is 1. The SMILES string of the molecule is CC(=O)O.CCOC(=O)c1sc(N2C(=O)C(=O)/C(=C(/O)c3ccc4c(c3)CC(C)O4)C2c2ccccc2F)nc1C. The molecule has 3 aromatic rings. The minimum Gasteiger partial charge on any atom is -0.507 e. The van der Waals surface area contributed by atoms with Crippen molar-refractivity contribution < 1.29 is 43.3 Å². The minimum absolute atomic E-state index is 0.00639. The van der Waals surface area contributed by atoms with E-state index in [0.29, 0.717) is 23.4 Å². The lowest BCUT2D eigenvalue weighted by atomic mass is 9.94. The molecular weight excluding hydrogens is 555 g/mol. The molecule has 0 aliphatic carbocycles. The summed E-state index contributed by atoms with van der Waals surface area (Å²) in [4.78, 5) is 53.6. The van der Waals surface area contributed by atoms with Crippen molar-refractivity contribution in [1.29, 1.82) is 0 Å². The zero-order valence-corrected chi connectivity index (χ0v) is 23.5. The van der Waals surface area contributed by atoms with Crippen LogP contribution in [-0.2, 0) is 25.5 Å². The molecule has 12 heteroatoms. The minimum atomic E-state index is -1.30. The molecule has 0 bridgehead atoms. The Morgan fingerprint density at radius 1 is 1.20 bits per heavy atom. The highest BCUT2D eigenvalue weighted by atomic mass is 32.1. The number of aromatic nitrogens is 1. The van der Waals surface area contributed by atoms with Crippen molar-refractivity contribution in [3.63, 3.8) is 0 Å². The molecule has 0 radical (unpaired) electrons. The van der Waals surface area contributed by atoms with E-state index < -0.39 is 41.2 Å². The number of fused-ring (bicyclic) bond motifs is 1. The van der Waals surface area contributed by atoms with Gasteiger partial charge in [-0.05, 0) is 50.6 Å². The van der Waals surface area contributed by atoms with Crippen molar-refractivity contribution in [3.05, 3.63) is 81.1 Å². The molecule has 2 aliphatic rings. The molecule has 1 saturated heterocycles. The molecule has 214 valence electrons. The van der Waals surface area contributed by atoms with Crippen molar-refractivity contribution in [2.75, 3.05) is 11.5 Å². The van der Waals surface area contributed by atoms with Crippen molar-refractivity contribution in [2.24, 2.45) is 0 Å². The Hall–Kier alpha value is -4.58. The Morgan fingerprint density at radius 2 is 1.88 bits per heavy atom. The van der Waals surface area contributed by atoms with E-state index in [0.717, 1.165) is 28.7 Å². The van der Waals surface area contributed by atoms with Crippen LogP contribution in [0.1, 0.15) is 58.9 Å². The molecule has 2 atom stereocenters. The maximum Gasteiger partial charge on any atom is 0.350 e. The normalized spacial score (nSPS) is 18.8. The third kappa shape index (κ3) is 5.82. The molecule has 1 aromatic heterocycles. The van der Waals surface area contributed by atoms with Gasteiger partial charge in [-0.2, -0.15) is 0 Å². The van der Waals surface area contributed by atoms with Gasteiger partial charge in [0.05, 0.1) is 17.9 Å². The second kappa shape index (κ2) is 11.9. The topological polar surface area (TPSA) is 143 Å². The third-order valence-corrected chi connectivity index (χ3v) is 7.40. The van der Waals surface area contributed by atoms with Gasteiger partial charge in [-0.3, -0.25) is 19.3 Å². The lowest BCUT2D eigenvalue weighted by molar-refractivity contribution is -0.134. The Kier molecular flexibility index (Phi) is 8.52. The lowest BCUT2D eigenvalue weighted by Gasteiger charge is -2.23. The van der Waals surface area contributed by atoms with Gasteiger partial charge in [-0.1, -0.05) is 29.5 Å². The Bertz CT molecular complexity index is 1580. The highest BCUT2D eigenvalue weighted by Gasteiger charge is 2.49. The van der Waals surface area contributed by atoms with E-state index in [2.05, 4.69) is 4.98 Å². The predicted molar refractivity (Wildman–Crippen MR) is 148 cm³/mol. The monoisotopic (exact) mass is 582 g/mol. The molecule has 10 nitrogen and oxygen atoms in total. The molecule has 2 aromatic carbocycles. The predicted octanol–water partition coefficient (Wildman–Crippen LogP) is 4.81. The van der Waals surface area contributed by atoms with Crippen LogP contribution in [-0.4, -0.2) is 51.5 Å². The largest absolute Gasteiger partial charge is 0.507 e. The van der Waals surface area contributed by atoms with Crippen molar-refractivity contribution in [2.45, 2.75) is 46.3 Å². The van der Waals surface area contributed by atoms with Crippen molar-refractivity contribution >= 4 is 45.9 Å². The number of esters is 1. The van der Waals surface area contributed by atoms with Crippen LogP contribution in [0.5, 0.6) is 5.75 Å². The number of aliphatic carboxylic acids is 1. The molecule has 1 amide bonds. The smallest absolute Gasteiger partial charge is 0.350 e. The van der Waals surface area contributed by atoms with Gasteiger partial charge < -0.3 is 19.7 Å². The molecule has 2 aliphatic heterocycles. The van der Waals surface area contributed by atoms with E-state index in [1.54, 1.807) is 38.1 Å². The number of thiazole rings is 1. The number of hydrogen-bond acceptors (Lipinski definition) is 9. The van der Waals surface area contributed by atoms with Crippen LogP contribution in [0.25, 0.3) is 5.76 Å². The van der Waals surface area contributed by atoms with E-state index >= 15 is 4.39 Å². The highest BCUT2D eigenvalue weighted by molar-refractivity contribution is 7.17. The number of halogens is 1. The van der Waals surface area contributed by atoms with Crippen LogP contribution in [0.3, 0.4) is 0 Å². The van der Waals surface area contributed by atoms with Gasteiger partial charge in [0, 0.05) is 24.5 Å². The average molecular weight is 583 g/mol.